The molecule has 32 heavy (non-hydrogen) atoms. The highest BCUT2D eigenvalue weighted by molar-refractivity contribution is 7.89. The smallest absolute Gasteiger partial charge is 0.243 e. The number of rotatable bonds is 8. The number of piperidine rings is 1. The third-order valence-electron chi connectivity index (χ3n) is 5.72. The van der Waals surface area contributed by atoms with E-state index in [9.17, 15) is 13.2 Å². The van der Waals surface area contributed by atoms with Gasteiger partial charge < -0.3 is 19.5 Å². The summed E-state index contributed by atoms with van der Waals surface area (Å²) in [4.78, 5) is 13.1. The molecule has 0 aliphatic carbocycles. The van der Waals surface area contributed by atoms with Crippen LogP contribution in [0.4, 0.5) is 0 Å². The maximum Gasteiger partial charge on any atom is 0.243 e. The Balaban J connectivity index is 1.68. The quantitative estimate of drug-likeness (QED) is 0.648. The van der Waals surface area contributed by atoms with Gasteiger partial charge in [-0.1, -0.05) is 6.07 Å². The van der Waals surface area contributed by atoms with E-state index in [1.165, 1.54) is 23.5 Å². The average molecular weight is 463 g/mol. The Morgan fingerprint density at radius 1 is 1.03 bits per heavy atom. The van der Waals surface area contributed by atoms with Crippen molar-refractivity contribution in [2.45, 2.75) is 30.7 Å². The van der Waals surface area contributed by atoms with Gasteiger partial charge in [-0.05, 0) is 61.7 Å². The van der Waals surface area contributed by atoms with Crippen LogP contribution in [-0.4, -0.2) is 53.0 Å². The standard InChI is InChI=1S/C23H30N2O6S/c1-16(17-7-12-21(30-3)22(14-17)31-4)24-23(26)18-6-5-13-25(15-18)32(27,28)20-10-8-19(29-2)9-11-20/h7-12,14,16,18H,5-6,13,15H2,1-4H3,(H,24,26)/t16-,18-/m1/s1. The summed E-state index contributed by atoms with van der Waals surface area (Å²) in [5.41, 5.74) is 0.870. The number of nitrogens with one attached hydrogen (secondary N) is 1. The van der Waals surface area contributed by atoms with E-state index in [2.05, 4.69) is 5.32 Å². The number of carbonyl (C=O) groups excluding carboxylic acids is 1. The van der Waals surface area contributed by atoms with Gasteiger partial charge >= 0.3 is 0 Å². The topological polar surface area (TPSA) is 94.2 Å². The fourth-order valence-electron chi connectivity index (χ4n) is 3.81. The fraction of sp³-hybridized carbons (Fsp3) is 0.435. The molecule has 0 saturated carbocycles. The molecule has 1 N–H and O–H groups in total. The molecule has 2 aromatic rings. The summed E-state index contributed by atoms with van der Waals surface area (Å²) in [6.45, 7) is 2.43. The number of methoxy groups -OCH3 is 3. The van der Waals surface area contributed by atoms with Crippen molar-refractivity contribution < 1.29 is 27.4 Å². The van der Waals surface area contributed by atoms with E-state index in [-0.39, 0.29) is 23.4 Å². The Kier molecular flexibility index (Phi) is 7.63. The molecular formula is C23H30N2O6S. The Morgan fingerprint density at radius 2 is 1.72 bits per heavy atom. The van der Waals surface area contributed by atoms with Crippen LogP contribution >= 0.6 is 0 Å². The molecule has 0 unspecified atom stereocenters. The molecule has 1 fully saturated rings. The molecule has 1 amide bonds. The lowest BCUT2D eigenvalue weighted by Gasteiger charge is -2.32. The summed E-state index contributed by atoms with van der Waals surface area (Å²) in [6.07, 6.45) is 1.26. The predicted octanol–water partition coefficient (Wildman–Crippen LogP) is 2.99. The maximum absolute atomic E-state index is 13.1. The van der Waals surface area contributed by atoms with E-state index in [0.29, 0.717) is 36.6 Å². The highest BCUT2D eigenvalue weighted by Crippen LogP contribution is 2.30. The third kappa shape index (κ3) is 5.16. The minimum absolute atomic E-state index is 0.152. The zero-order chi connectivity index (χ0) is 23.3. The van der Waals surface area contributed by atoms with Crippen molar-refractivity contribution in [2.24, 2.45) is 5.92 Å². The first-order chi connectivity index (χ1) is 15.3. The summed E-state index contributed by atoms with van der Waals surface area (Å²) in [5, 5.41) is 3.01. The normalized spacial score (nSPS) is 17.9. The van der Waals surface area contributed by atoms with Crippen molar-refractivity contribution in [3.05, 3.63) is 48.0 Å². The van der Waals surface area contributed by atoms with Crippen LogP contribution in [0.25, 0.3) is 0 Å². The van der Waals surface area contributed by atoms with Gasteiger partial charge in [0.05, 0.1) is 38.2 Å². The first kappa shape index (κ1) is 23.9. The van der Waals surface area contributed by atoms with Crippen molar-refractivity contribution >= 4 is 15.9 Å². The number of benzene rings is 2. The van der Waals surface area contributed by atoms with E-state index in [1.807, 2.05) is 19.1 Å². The summed E-state index contributed by atoms with van der Waals surface area (Å²) < 4.78 is 43.2. The molecule has 2 atom stereocenters. The first-order valence-corrected chi connectivity index (χ1v) is 11.9. The first-order valence-electron chi connectivity index (χ1n) is 10.5. The van der Waals surface area contributed by atoms with Gasteiger partial charge in [0.15, 0.2) is 11.5 Å². The lowest BCUT2D eigenvalue weighted by atomic mass is 9.98. The zero-order valence-corrected chi connectivity index (χ0v) is 19.6. The number of nitrogens with zero attached hydrogens (tertiary/aromatic N) is 1. The number of carbonyl (C=O) groups is 1. The van der Waals surface area contributed by atoms with Gasteiger partial charge in [0, 0.05) is 13.1 Å². The van der Waals surface area contributed by atoms with E-state index in [1.54, 1.807) is 32.4 Å². The molecule has 3 rings (SSSR count). The van der Waals surface area contributed by atoms with Gasteiger partial charge in [-0.2, -0.15) is 4.31 Å². The molecule has 1 aliphatic heterocycles. The van der Waals surface area contributed by atoms with Crippen molar-refractivity contribution in [1.82, 2.24) is 9.62 Å². The van der Waals surface area contributed by atoms with Crippen LogP contribution in [0.15, 0.2) is 47.4 Å². The number of sulfonamides is 1. The van der Waals surface area contributed by atoms with Crippen molar-refractivity contribution in [3.63, 3.8) is 0 Å². The van der Waals surface area contributed by atoms with Crippen LogP contribution < -0.4 is 19.5 Å². The minimum atomic E-state index is -3.68. The molecule has 0 bridgehead atoms. The minimum Gasteiger partial charge on any atom is -0.497 e. The molecule has 1 heterocycles. The van der Waals surface area contributed by atoms with E-state index in [4.69, 9.17) is 14.2 Å². The fourth-order valence-corrected chi connectivity index (χ4v) is 5.33. The lowest BCUT2D eigenvalue weighted by molar-refractivity contribution is -0.126. The zero-order valence-electron chi connectivity index (χ0n) is 18.8. The second kappa shape index (κ2) is 10.2. The second-order valence-corrected chi connectivity index (χ2v) is 9.66. The summed E-state index contributed by atoms with van der Waals surface area (Å²) in [6, 6.07) is 11.5. The van der Waals surface area contributed by atoms with Crippen molar-refractivity contribution in [2.75, 3.05) is 34.4 Å². The van der Waals surface area contributed by atoms with Crippen molar-refractivity contribution in [1.29, 1.82) is 0 Å². The largest absolute Gasteiger partial charge is 0.497 e. The highest BCUT2D eigenvalue weighted by atomic mass is 32.2. The van der Waals surface area contributed by atoms with Gasteiger partial charge in [-0.3, -0.25) is 4.79 Å². The Bertz CT molecular complexity index is 1040. The molecular weight excluding hydrogens is 432 g/mol. The van der Waals surface area contributed by atoms with Gasteiger partial charge in [0.2, 0.25) is 15.9 Å². The van der Waals surface area contributed by atoms with Gasteiger partial charge in [0.25, 0.3) is 0 Å². The molecule has 0 radical (unpaired) electrons. The van der Waals surface area contributed by atoms with Crippen LogP contribution in [0, 0.1) is 5.92 Å². The van der Waals surface area contributed by atoms with E-state index in [0.717, 1.165) is 5.56 Å². The van der Waals surface area contributed by atoms with Crippen LogP contribution in [0.1, 0.15) is 31.4 Å². The number of amides is 1. The summed E-state index contributed by atoms with van der Waals surface area (Å²) in [7, 11) is 0.972. The molecule has 174 valence electrons. The molecule has 9 heteroatoms. The lowest BCUT2D eigenvalue weighted by Crippen LogP contribution is -2.45. The number of hydrogen-bond donors (Lipinski definition) is 1. The van der Waals surface area contributed by atoms with Crippen LogP contribution in [0.2, 0.25) is 0 Å². The monoisotopic (exact) mass is 462 g/mol. The summed E-state index contributed by atoms with van der Waals surface area (Å²) >= 11 is 0. The number of hydrogen-bond acceptors (Lipinski definition) is 6. The van der Waals surface area contributed by atoms with Crippen molar-refractivity contribution in [3.8, 4) is 17.2 Å². The molecule has 0 aromatic heterocycles. The molecule has 0 spiro atoms. The Morgan fingerprint density at radius 3 is 2.34 bits per heavy atom. The third-order valence-corrected chi connectivity index (χ3v) is 7.60. The average Bonchev–Trinajstić information content (AvgIpc) is 2.83. The Labute approximate surface area is 189 Å². The van der Waals surface area contributed by atoms with Gasteiger partial charge in [-0.25, -0.2) is 8.42 Å². The predicted molar refractivity (Wildman–Crippen MR) is 121 cm³/mol. The molecule has 1 saturated heterocycles. The maximum atomic E-state index is 13.1. The van der Waals surface area contributed by atoms with E-state index >= 15 is 0 Å². The summed E-state index contributed by atoms with van der Waals surface area (Å²) in [5.74, 6) is 1.20. The van der Waals surface area contributed by atoms with E-state index < -0.39 is 15.9 Å². The SMILES string of the molecule is COc1ccc(S(=O)(=O)N2CCC[C@@H](C(=O)N[C@H](C)c3ccc(OC)c(OC)c3)C2)cc1. The van der Waals surface area contributed by atoms with Gasteiger partial charge in [-0.15, -0.1) is 0 Å². The van der Waals surface area contributed by atoms with Crippen LogP contribution in [-0.2, 0) is 14.8 Å². The van der Waals surface area contributed by atoms with Crippen LogP contribution in [0.3, 0.4) is 0 Å². The number of ether oxygens (including phenoxy) is 3. The second-order valence-electron chi connectivity index (χ2n) is 7.72. The highest BCUT2D eigenvalue weighted by Gasteiger charge is 2.33. The molecule has 2 aromatic carbocycles. The van der Waals surface area contributed by atoms with Crippen LogP contribution in [0.5, 0.6) is 17.2 Å². The molecule has 8 nitrogen and oxygen atoms in total. The Hall–Kier alpha value is -2.78. The molecule has 1 aliphatic rings. The van der Waals surface area contributed by atoms with Gasteiger partial charge in [0.1, 0.15) is 5.75 Å².